The fourth-order valence-electron chi connectivity index (χ4n) is 1.20. The first kappa shape index (κ1) is 13.3. The molecule has 0 spiro atoms. The number of nitrogens with zero attached hydrogens (tertiary/aromatic N) is 1. The molecule has 3 heteroatoms. The van der Waals surface area contributed by atoms with Gasteiger partial charge in [-0.15, -0.1) is 0 Å². The number of hydrogen-bond donors (Lipinski definition) is 0. The van der Waals surface area contributed by atoms with Crippen molar-refractivity contribution in [3.05, 3.63) is 35.4 Å². The van der Waals surface area contributed by atoms with Crippen LogP contribution in [0.25, 0.3) is 0 Å². The molecule has 0 saturated heterocycles. The molecule has 0 aliphatic heterocycles. The Morgan fingerprint density at radius 1 is 1.06 bits per heavy atom. The van der Waals surface area contributed by atoms with E-state index in [1.54, 1.807) is 24.3 Å². The van der Waals surface area contributed by atoms with E-state index >= 15 is 0 Å². The lowest BCUT2D eigenvalue weighted by atomic mass is 10.1. The predicted octanol–water partition coefficient (Wildman–Crippen LogP) is 2.31. The fraction of sp³-hybridized carbons (Fsp3) is 0.357. The maximum Gasteiger partial charge on any atom is 0.222 e. The van der Waals surface area contributed by atoms with Gasteiger partial charge in [0.25, 0.3) is 0 Å². The molecule has 0 aromatic heterocycles. The minimum Gasteiger partial charge on any atom is -0.342 e. The van der Waals surface area contributed by atoms with Crippen LogP contribution in [0.2, 0.25) is 0 Å². The zero-order valence-corrected chi connectivity index (χ0v) is 10.1. The average molecular weight is 229 g/mol. The topological polar surface area (TPSA) is 42.2 Å². The third-order valence-corrected chi connectivity index (χ3v) is 1.98. The number of nitriles is 1. The maximum absolute atomic E-state index is 8.66. The molecule has 0 bridgehead atoms. The highest BCUT2D eigenvalue weighted by Crippen LogP contribution is 2.02. The van der Waals surface area contributed by atoms with E-state index in [9.17, 15) is 0 Å². The van der Waals surface area contributed by atoms with E-state index in [0.29, 0.717) is 18.8 Å². The molecule has 0 heterocycles. The van der Waals surface area contributed by atoms with E-state index in [1.165, 1.54) is 0 Å². The molecule has 3 nitrogen and oxygen atoms in total. The summed E-state index contributed by atoms with van der Waals surface area (Å²) in [6, 6.07) is 9.15. The highest BCUT2D eigenvalue weighted by Gasteiger charge is 2.01. The molecular weight excluding hydrogens is 214 g/mol. The summed E-state index contributed by atoms with van der Waals surface area (Å²) in [5.41, 5.74) is 1.47. The second kappa shape index (κ2) is 7.46. The first-order valence-corrected chi connectivity index (χ1v) is 5.55. The van der Waals surface area contributed by atoms with Gasteiger partial charge >= 0.3 is 0 Å². The highest BCUT2D eigenvalue weighted by molar-refractivity contribution is 5.39. The molecule has 1 rings (SSSR count). The second-order valence-electron chi connectivity index (χ2n) is 3.20. The Balaban J connectivity index is 2.71. The average Bonchev–Trinajstić information content (AvgIpc) is 2.37. The molecule has 0 amide bonds. The molecule has 0 unspecified atom stereocenters. The van der Waals surface area contributed by atoms with Crippen molar-refractivity contribution in [2.24, 2.45) is 0 Å². The van der Waals surface area contributed by atoms with Crippen molar-refractivity contribution in [1.29, 1.82) is 5.26 Å². The van der Waals surface area contributed by atoms with Gasteiger partial charge in [-0.25, -0.2) is 0 Å². The summed E-state index contributed by atoms with van der Waals surface area (Å²) < 4.78 is 10.6. The third-order valence-electron chi connectivity index (χ3n) is 1.98. The van der Waals surface area contributed by atoms with Crippen LogP contribution in [0.4, 0.5) is 0 Å². The van der Waals surface area contributed by atoms with Gasteiger partial charge in [-0.1, -0.05) is 5.92 Å². The van der Waals surface area contributed by atoms with Crippen molar-refractivity contribution in [2.45, 2.75) is 20.1 Å². The van der Waals surface area contributed by atoms with Crippen LogP contribution in [0.3, 0.4) is 0 Å². The van der Waals surface area contributed by atoms with E-state index in [4.69, 9.17) is 14.7 Å². The van der Waals surface area contributed by atoms with Crippen LogP contribution in [0.15, 0.2) is 24.3 Å². The number of benzene rings is 1. The second-order valence-corrected chi connectivity index (χ2v) is 3.20. The zero-order valence-electron chi connectivity index (χ0n) is 10.1. The first-order chi connectivity index (χ1) is 8.30. The van der Waals surface area contributed by atoms with Crippen LogP contribution in [0, 0.1) is 23.2 Å². The first-order valence-electron chi connectivity index (χ1n) is 5.55. The van der Waals surface area contributed by atoms with Gasteiger partial charge < -0.3 is 9.47 Å². The van der Waals surface area contributed by atoms with Crippen LogP contribution >= 0.6 is 0 Å². The highest BCUT2D eigenvalue weighted by atomic mass is 16.7. The summed E-state index contributed by atoms with van der Waals surface area (Å²) in [5, 5.41) is 8.66. The normalized spacial score (nSPS) is 9.53. The Kier molecular flexibility index (Phi) is 5.82. The summed E-state index contributed by atoms with van der Waals surface area (Å²) in [7, 11) is 0. The van der Waals surface area contributed by atoms with E-state index in [1.807, 2.05) is 13.8 Å². The van der Waals surface area contributed by atoms with Gasteiger partial charge in [0.05, 0.1) is 11.6 Å². The minimum atomic E-state index is -0.486. The molecule has 88 valence electrons. The Morgan fingerprint density at radius 2 is 1.59 bits per heavy atom. The predicted molar refractivity (Wildman–Crippen MR) is 65.1 cm³/mol. The van der Waals surface area contributed by atoms with Gasteiger partial charge in [-0.3, -0.25) is 0 Å². The van der Waals surface area contributed by atoms with Gasteiger partial charge in [0.15, 0.2) is 0 Å². The molecule has 0 N–H and O–H groups in total. The molecule has 0 atom stereocenters. The lowest BCUT2D eigenvalue weighted by Crippen LogP contribution is -2.14. The van der Waals surface area contributed by atoms with Crippen LogP contribution in [-0.2, 0) is 9.47 Å². The standard InChI is InChI=1S/C14H15NO2/c1-3-16-14(17-4-2)10-9-12-5-7-13(11-15)8-6-12/h5-8,14H,3-4H2,1-2H3. The van der Waals surface area contributed by atoms with E-state index < -0.39 is 6.29 Å². The molecule has 0 saturated carbocycles. The third kappa shape index (κ3) is 4.70. The number of rotatable bonds is 4. The Morgan fingerprint density at radius 3 is 2.06 bits per heavy atom. The summed E-state index contributed by atoms with van der Waals surface area (Å²) in [6.07, 6.45) is -0.486. The largest absolute Gasteiger partial charge is 0.342 e. The molecule has 0 fully saturated rings. The quantitative estimate of drug-likeness (QED) is 0.587. The summed E-state index contributed by atoms with van der Waals surface area (Å²) in [6.45, 7) is 4.92. The van der Waals surface area contributed by atoms with Gasteiger partial charge in [0, 0.05) is 18.8 Å². The van der Waals surface area contributed by atoms with Gasteiger partial charge in [-0.05, 0) is 44.0 Å². The van der Waals surface area contributed by atoms with E-state index in [2.05, 4.69) is 17.9 Å². The molecule has 1 aromatic rings. The van der Waals surface area contributed by atoms with Crippen molar-refractivity contribution >= 4 is 0 Å². The van der Waals surface area contributed by atoms with E-state index in [0.717, 1.165) is 5.56 Å². The molecule has 1 aromatic carbocycles. The number of ether oxygens (including phenoxy) is 2. The maximum atomic E-state index is 8.66. The van der Waals surface area contributed by atoms with Crippen LogP contribution in [-0.4, -0.2) is 19.5 Å². The molecular formula is C14H15NO2. The lowest BCUT2D eigenvalue weighted by Gasteiger charge is -2.09. The monoisotopic (exact) mass is 229 g/mol. The summed E-state index contributed by atoms with van der Waals surface area (Å²) >= 11 is 0. The van der Waals surface area contributed by atoms with Crippen molar-refractivity contribution < 1.29 is 9.47 Å². The molecule has 0 radical (unpaired) electrons. The van der Waals surface area contributed by atoms with Crippen molar-refractivity contribution in [3.8, 4) is 17.9 Å². The Hall–Kier alpha value is -1.81. The fourth-order valence-corrected chi connectivity index (χ4v) is 1.20. The summed E-state index contributed by atoms with van der Waals surface area (Å²) in [4.78, 5) is 0. The van der Waals surface area contributed by atoms with Gasteiger partial charge in [-0.2, -0.15) is 5.26 Å². The van der Waals surface area contributed by atoms with Gasteiger partial charge in [0.2, 0.25) is 6.29 Å². The van der Waals surface area contributed by atoms with Gasteiger partial charge in [0.1, 0.15) is 0 Å². The van der Waals surface area contributed by atoms with Crippen LogP contribution in [0.5, 0.6) is 0 Å². The molecule has 17 heavy (non-hydrogen) atoms. The van der Waals surface area contributed by atoms with Crippen molar-refractivity contribution in [2.75, 3.05) is 13.2 Å². The smallest absolute Gasteiger partial charge is 0.222 e. The summed E-state index contributed by atoms with van der Waals surface area (Å²) in [5.74, 6) is 5.85. The van der Waals surface area contributed by atoms with Crippen LogP contribution in [0.1, 0.15) is 25.0 Å². The van der Waals surface area contributed by atoms with E-state index in [-0.39, 0.29) is 0 Å². The SMILES string of the molecule is CCOC(C#Cc1ccc(C#N)cc1)OCC. The number of hydrogen-bond acceptors (Lipinski definition) is 3. The molecule has 0 aliphatic carbocycles. The minimum absolute atomic E-state index is 0.486. The lowest BCUT2D eigenvalue weighted by molar-refractivity contribution is -0.0969. The Labute approximate surface area is 102 Å². The van der Waals surface area contributed by atoms with Crippen LogP contribution < -0.4 is 0 Å². The Bertz CT molecular complexity index is 428. The van der Waals surface area contributed by atoms with Crippen molar-refractivity contribution in [3.63, 3.8) is 0 Å². The van der Waals surface area contributed by atoms with Crippen molar-refractivity contribution in [1.82, 2.24) is 0 Å². The zero-order chi connectivity index (χ0) is 12.5. The molecule has 0 aliphatic rings.